The molecule has 7 heteroatoms. The third kappa shape index (κ3) is 3.47. The van der Waals surface area contributed by atoms with Gasteiger partial charge in [-0.3, -0.25) is 4.79 Å². The molecule has 1 unspecified atom stereocenters. The molecule has 1 aliphatic heterocycles. The molecule has 2 heterocycles. The van der Waals surface area contributed by atoms with Gasteiger partial charge in [0.05, 0.1) is 10.0 Å². The standard InChI is InChI=1S/C15H20Cl2N4O/c16-10-7-12(17)13(21-9-10)19-5-6-20-14(22)11-8-15(11)1-3-18-4-2-15/h7,9,11,18H,1-6,8H2,(H,19,21)(H,20,22). The molecule has 1 aliphatic carbocycles. The predicted octanol–water partition coefficient (Wildman–Crippen LogP) is 2.31. The summed E-state index contributed by atoms with van der Waals surface area (Å²) >= 11 is 11.8. The Hall–Kier alpha value is -1.04. The van der Waals surface area contributed by atoms with Crippen LogP contribution in [0.3, 0.4) is 0 Å². The Labute approximate surface area is 140 Å². The second-order valence-corrected chi connectivity index (χ2v) is 6.91. The smallest absolute Gasteiger partial charge is 0.223 e. The van der Waals surface area contributed by atoms with Gasteiger partial charge in [0.25, 0.3) is 0 Å². The van der Waals surface area contributed by atoms with E-state index in [0.717, 1.165) is 32.4 Å². The molecule has 5 nitrogen and oxygen atoms in total. The minimum atomic E-state index is 0.180. The molecule has 120 valence electrons. The molecule has 1 saturated carbocycles. The van der Waals surface area contributed by atoms with Crippen LogP contribution in [0, 0.1) is 11.3 Å². The summed E-state index contributed by atoms with van der Waals surface area (Å²) in [4.78, 5) is 16.3. The lowest BCUT2D eigenvalue weighted by molar-refractivity contribution is -0.123. The number of carbonyl (C=O) groups is 1. The number of nitrogens with zero attached hydrogens (tertiary/aromatic N) is 1. The predicted molar refractivity (Wildman–Crippen MR) is 88.4 cm³/mol. The maximum absolute atomic E-state index is 12.2. The molecule has 1 spiro atoms. The lowest BCUT2D eigenvalue weighted by Gasteiger charge is -2.23. The van der Waals surface area contributed by atoms with Crippen molar-refractivity contribution in [1.82, 2.24) is 15.6 Å². The third-order valence-corrected chi connectivity index (χ3v) is 5.12. The van der Waals surface area contributed by atoms with Crippen molar-refractivity contribution in [3.8, 4) is 0 Å². The van der Waals surface area contributed by atoms with Gasteiger partial charge in [0, 0.05) is 25.2 Å². The van der Waals surface area contributed by atoms with Crippen molar-refractivity contribution >= 4 is 34.9 Å². The minimum Gasteiger partial charge on any atom is -0.367 e. The molecule has 0 radical (unpaired) electrons. The number of hydrogen-bond acceptors (Lipinski definition) is 4. The number of carbonyl (C=O) groups excluding carboxylic acids is 1. The maximum atomic E-state index is 12.2. The SMILES string of the molecule is O=C(NCCNc1ncc(Cl)cc1Cl)C1CC12CCNCC2. The minimum absolute atomic E-state index is 0.180. The summed E-state index contributed by atoms with van der Waals surface area (Å²) in [6.07, 6.45) is 4.82. The first-order chi connectivity index (χ1) is 10.6. The molecular weight excluding hydrogens is 323 g/mol. The Morgan fingerprint density at radius 1 is 1.36 bits per heavy atom. The summed E-state index contributed by atoms with van der Waals surface area (Å²) in [6.45, 7) is 3.21. The number of halogens is 2. The number of aromatic nitrogens is 1. The highest BCUT2D eigenvalue weighted by Crippen LogP contribution is 2.58. The van der Waals surface area contributed by atoms with Gasteiger partial charge in [-0.1, -0.05) is 23.2 Å². The first-order valence-electron chi connectivity index (χ1n) is 7.64. The van der Waals surface area contributed by atoms with Crippen LogP contribution in [0.1, 0.15) is 19.3 Å². The molecule has 1 aromatic rings. The van der Waals surface area contributed by atoms with Crippen LogP contribution in [0.2, 0.25) is 10.0 Å². The molecule has 1 aromatic heterocycles. The van der Waals surface area contributed by atoms with E-state index in [9.17, 15) is 4.79 Å². The lowest BCUT2D eigenvalue weighted by Crippen LogP contribution is -2.35. The normalized spacial score (nSPS) is 22.4. The van der Waals surface area contributed by atoms with Crippen LogP contribution in [0.4, 0.5) is 5.82 Å². The van der Waals surface area contributed by atoms with Crippen molar-refractivity contribution in [3.05, 3.63) is 22.3 Å². The van der Waals surface area contributed by atoms with Gasteiger partial charge in [-0.15, -0.1) is 0 Å². The van der Waals surface area contributed by atoms with Crippen LogP contribution in [-0.4, -0.2) is 37.1 Å². The van der Waals surface area contributed by atoms with Crippen molar-refractivity contribution in [2.75, 3.05) is 31.5 Å². The molecule has 1 saturated heterocycles. The summed E-state index contributed by atoms with van der Waals surface area (Å²) in [6, 6.07) is 1.64. The summed E-state index contributed by atoms with van der Waals surface area (Å²) in [5.41, 5.74) is 0.282. The number of amides is 1. The number of anilines is 1. The molecule has 0 aromatic carbocycles. The second kappa shape index (κ2) is 6.60. The van der Waals surface area contributed by atoms with Gasteiger partial charge in [0.1, 0.15) is 5.82 Å². The van der Waals surface area contributed by atoms with E-state index < -0.39 is 0 Å². The van der Waals surface area contributed by atoms with Crippen LogP contribution in [0.15, 0.2) is 12.3 Å². The van der Waals surface area contributed by atoms with Crippen molar-refractivity contribution < 1.29 is 4.79 Å². The summed E-state index contributed by atoms with van der Waals surface area (Å²) in [5, 5.41) is 10.4. The maximum Gasteiger partial charge on any atom is 0.223 e. The molecule has 22 heavy (non-hydrogen) atoms. The van der Waals surface area contributed by atoms with Crippen LogP contribution in [0.25, 0.3) is 0 Å². The van der Waals surface area contributed by atoms with Gasteiger partial charge in [0.2, 0.25) is 5.91 Å². The zero-order valence-corrected chi connectivity index (χ0v) is 13.8. The third-order valence-electron chi connectivity index (χ3n) is 4.63. The van der Waals surface area contributed by atoms with Crippen LogP contribution in [-0.2, 0) is 4.79 Å². The van der Waals surface area contributed by atoms with Crippen molar-refractivity contribution in [3.63, 3.8) is 0 Å². The van der Waals surface area contributed by atoms with Gasteiger partial charge in [-0.2, -0.15) is 0 Å². The molecule has 0 bridgehead atoms. The number of rotatable bonds is 5. The first kappa shape index (κ1) is 15.8. The first-order valence-corrected chi connectivity index (χ1v) is 8.40. The van der Waals surface area contributed by atoms with Crippen LogP contribution < -0.4 is 16.0 Å². The number of nitrogens with one attached hydrogen (secondary N) is 3. The highest BCUT2D eigenvalue weighted by Gasteiger charge is 2.57. The quantitative estimate of drug-likeness (QED) is 0.718. The monoisotopic (exact) mass is 342 g/mol. The Bertz CT molecular complexity index is 560. The Morgan fingerprint density at radius 3 is 2.86 bits per heavy atom. The molecule has 1 atom stereocenters. The van der Waals surface area contributed by atoms with Gasteiger partial charge >= 0.3 is 0 Å². The topological polar surface area (TPSA) is 66.0 Å². The van der Waals surface area contributed by atoms with E-state index in [1.165, 1.54) is 0 Å². The fourth-order valence-corrected chi connectivity index (χ4v) is 3.68. The molecule has 2 aliphatic rings. The largest absolute Gasteiger partial charge is 0.367 e. The summed E-state index contributed by atoms with van der Waals surface area (Å²) < 4.78 is 0. The fraction of sp³-hybridized carbons (Fsp3) is 0.600. The van der Waals surface area contributed by atoms with Crippen LogP contribution >= 0.6 is 23.2 Å². The van der Waals surface area contributed by atoms with E-state index >= 15 is 0 Å². The van der Waals surface area contributed by atoms with Crippen molar-refractivity contribution in [2.45, 2.75) is 19.3 Å². The Morgan fingerprint density at radius 2 is 2.14 bits per heavy atom. The molecule has 2 fully saturated rings. The van der Waals surface area contributed by atoms with Gasteiger partial charge in [-0.05, 0) is 43.8 Å². The average Bonchev–Trinajstić information content (AvgIpc) is 3.19. The van der Waals surface area contributed by atoms with E-state index in [0.29, 0.717) is 29.0 Å². The Balaban J connectivity index is 1.39. The van der Waals surface area contributed by atoms with E-state index in [-0.39, 0.29) is 17.2 Å². The van der Waals surface area contributed by atoms with Gasteiger partial charge in [0.15, 0.2) is 0 Å². The molecule has 1 amide bonds. The Kier molecular flexibility index (Phi) is 4.76. The van der Waals surface area contributed by atoms with Crippen molar-refractivity contribution in [1.29, 1.82) is 0 Å². The summed E-state index contributed by atoms with van der Waals surface area (Å²) in [5.74, 6) is 0.965. The molecule has 3 rings (SSSR count). The second-order valence-electron chi connectivity index (χ2n) is 6.07. The van der Waals surface area contributed by atoms with E-state index in [1.54, 1.807) is 12.3 Å². The fourth-order valence-electron chi connectivity index (χ4n) is 3.23. The number of hydrogen-bond donors (Lipinski definition) is 3. The van der Waals surface area contributed by atoms with E-state index in [2.05, 4.69) is 20.9 Å². The molecular formula is C15H20Cl2N4O. The average molecular weight is 343 g/mol. The van der Waals surface area contributed by atoms with Gasteiger partial charge in [-0.25, -0.2) is 4.98 Å². The van der Waals surface area contributed by atoms with Crippen LogP contribution in [0.5, 0.6) is 0 Å². The summed E-state index contributed by atoms with van der Waals surface area (Å²) in [7, 11) is 0. The van der Waals surface area contributed by atoms with E-state index in [1.807, 2.05) is 0 Å². The van der Waals surface area contributed by atoms with Crippen molar-refractivity contribution in [2.24, 2.45) is 11.3 Å². The molecule has 3 N–H and O–H groups in total. The zero-order valence-electron chi connectivity index (χ0n) is 12.3. The van der Waals surface area contributed by atoms with Gasteiger partial charge < -0.3 is 16.0 Å². The highest BCUT2D eigenvalue weighted by molar-refractivity contribution is 6.35. The number of piperidine rings is 1. The lowest BCUT2D eigenvalue weighted by atomic mass is 9.92. The van der Waals surface area contributed by atoms with E-state index in [4.69, 9.17) is 23.2 Å². The zero-order chi connectivity index (χ0) is 15.6. The highest BCUT2D eigenvalue weighted by atomic mass is 35.5. The number of pyridine rings is 1.